The van der Waals surface area contributed by atoms with E-state index in [-0.39, 0.29) is 6.61 Å². The van der Waals surface area contributed by atoms with E-state index in [1.807, 2.05) is 32.0 Å². The molecule has 0 radical (unpaired) electrons. The van der Waals surface area contributed by atoms with Crippen LogP contribution in [0.5, 0.6) is 11.5 Å². The van der Waals surface area contributed by atoms with Crippen LogP contribution in [0.15, 0.2) is 18.2 Å². The van der Waals surface area contributed by atoms with Gasteiger partial charge in [-0.25, -0.2) is 0 Å². The van der Waals surface area contributed by atoms with Crippen molar-refractivity contribution in [3.63, 3.8) is 0 Å². The molecule has 0 atom stereocenters. The predicted molar refractivity (Wildman–Crippen MR) is 73.1 cm³/mol. The molecule has 1 aliphatic carbocycles. The van der Waals surface area contributed by atoms with Crippen LogP contribution in [0.2, 0.25) is 0 Å². The second-order valence-electron chi connectivity index (χ2n) is 4.17. The summed E-state index contributed by atoms with van der Waals surface area (Å²) >= 11 is 0. The van der Waals surface area contributed by atoms with Crippen molar-refractivity contribution in [3.05, 3.63) is 23.8 Å². The molecule has 0 saturated heterocycles. The van der Waals surface area contributed by atoms with E-state index < -0.39 is 0 Å². The first-order chi connectivity index (χ1) is 8.83. The molecule has 1 aromatic carbocycles. The monoisotopic (exact) mass is 252 g/mol. The summed E-state index contributed by atoms with van der Waals surface area (Å²) in [5.74, 6) is 1.49. The molecule has 3 nitrogen and oxygen atoms in total. The Labute approximate surface area is 110 Å². The van der Waals surface area contributed by atoms with Gasteiger partial charge in [-0.3, -0.25) is 0 Å². The molecule has 1 aromatic rings. The minimum absolute atomic E-state index is 0.0328. The normalized spacial score (nSPS) is 14.9. The van der Waals surface area contributed by atoms with Crippen LogP contribution in [0.1, 0.15) is 45.1 Å². The molecule has 1 saturated carbocycles. The van der Waals surface area contributed by atoms with Crippen LogP contribution in [0.3, 0.4) is 0 Å². The van der Waals surface area contributed by atoms with E-state index in [2.05, 4.69) is 0 Å². The summed E-state index contributed by atoms with van der Waals surface area (Å²) in [6.45, 7) is 4.03. The molecule has 3 heteroatoms. The van der Waals surface area contributed by atoms with Crippen molar-refractivity contribution < 1.29 is 14.6 Å². The fraction of sp³-hybridized carbons (Fsp3) is 0.600. The number of hydrogen-bond donors (Lipinski definition) is 1. The summed E-state index contributed by atoms with van der Waals surface area (Å²) in [7, 11) is 1.63. The van der Waals surface area contributed by atoms with Crippen molar-refractivity contribution in [1.82, 2.24) is 0 Å². The lowest BCUT2D eigenvalue weighted by Gasteiger charge is -2.16. The summed E-state index contributed by atoms with van der Waals surface area (Å²) in [6, 6.07) is 5.55. The van der Waals surface area contributed by atoms with Gasteiger partial charge < -0.3 is 14.6 Å². The smallest absolute Gasteiger partial charge is 0.161 e. The third-order valence-electron chi connectivity index (χ3n) is 3.01. The number of benzene rings is 1. The summed E-state index contributed by atoms with van der Waals surface area (Å²) < 4.78 is 11.2. The zero-order chi connectivity index (χ0) is 13.4. The van der Waals surface area contributed by atoms with E-state index in [0.717, 1.165) is 29.9 Å². The molecule has 0 aromatic heterocycles. The number of ether oxygens (including phenoxy) is 2. The van der Waals surface area contributed by atoms with E-state index >= 15 is 0 Å². The first-order valence-corrected chi connectivity index (χ1v) is 6.78. The molecule has 1 fully saturated rings. The topological polar surface area (TPSA) is 38.7 Å². The van der Waals surface area contributed by atoms with Gasteiger partial charge in [-0.2, -0.15) is 0 Å². The summed E-state index contributed by atoms with van der Waals surface area (Å²) in [4.78, 5) is 0. The third kappa shape index (κ3) is 3.91. The Kier molecular flexibility index (Phi) is 6.58. The van der Waals surface area contributed by atoms with Gasteiger partial charge in [-0.05, 0) is 43.4 Å². The maximum atomic E-state index is 9.09. The van der Waals surface area contributed by atoms with Crippen LogP contribution in [-0.4, -0.2) is 18.3 Å². The van der Waals surface area contributed by atoms with Gasteiger partial charge in [0.05, 0.1) is 19.8 Å². The molecular weight excluding hydrogens is 228 g/mol. The number of rotatable bonds is 4. The third-order valence-corrected chi connectivity index (χ3v) is 3.01. The lowest BCUT2D eigenvalue weighted by Crippen LogP contribution is -2.11. The first-order valence-electron chi connectivity index (χ1n) is 6.78. The van der Waals surface area contributed by atoms with Crippen molar-refractivity contribution in [3.8, 4) is 11.5 Å². The molecule has 18 heavy (non-hydrogen) atoms. The van der Waals surface area contributed by atoms with Gasteiger partial charge in [-0.15, -0.1) is 0 Å². The molecular formula is C15H24O3. The van der Waals surface area contributed by atoms with Crippen LogP contribution >= 0.6 is 0 Å². The van der Waals surface area contributed by atoms with Gasteiger partial charge in [0.15, 0.2) is 11.5 Å². The molecule has 0 amide bonds. The quantitative estimate of drug-likeness (QED) is 0.890. The fourth-order valence-electron chi connectivity index (χ4n) is 2.10. The molecule has 0 unspecified atom stereocenters. The van der Waals surface area contributed by atoms with Crippen molar-refractivity contribution in [2.45, 2.75) is 52.2 Å². The predicted octanol–water partition coefficient (Wildman–Crippen LogP) is 3.54. The van der Waals surface area contributed by atoms with E-state index in [1.54, 1.807) is 7.11 Å². The van der Waals surface area contributed by atoms with Crippen LogP contribution in [0, 0.1) is 0 Å². The maximum Gasteiger partial charge on any atom is 0.161 e. The van der Waals surface area contributed by atoms with Crippen LogP contribution in [0.4, 0.5) is 0 Å². The lowest BCUT2D eigenvalue weighted by atomic mass is 10.2. The Morgan fingerprint density at radius 2 is 1.83 bits per heavy atom. The molecule has 0 heterocycles. The molecule has 1 N–H and O–H groups in total. The molecule has 2 rings (SSSR count). The highest BCUT2D eigenvalue weighted by atomic mass is 16.5. The van der Waals surface area contributed by atoms with Gasteiger partial charge >= 0.3 is 0 Å². The minimum Gasteiger partial charge on any atom is -0.493 e. The van der Waals surface area contributed by atoms with Crippen molar-refractivity contribution in [2.24, 2.45) is 0 Å². The standard InChI is InChI=1S/C13H18O3.C2H6/c1-15-12-7-6-10(9-14)8-13(12)16-11-4-2-3-5-11;1-2/h6-8,11,14H,2-5,9H2,1H3;1-2H3. The van der Waals surface area contributed by atoms with Gasteiger partial charge in [0.25, 0.3) is 0 Å². The largest absolute Gasteiger partial charge is 0.493 e. The summed E-state index contributed by atoms with van der Waals surface area (Å²) in [6.07, 6.45) is 5.03. The van der Waals surface area contributed by atoms with Gasteiger partial charge in [0.1, 0.15) is 0 Å². The number of methoxy groups -OCH3 is 1. The van der Waals surface area contributed by atoms with Gasteiger partial charge in [0, 0.05) is 0 Å². The Morgan fingerprint density at radius 3 is 2.39 bits per heavy atom. The number of aliphatic hydroxyl groups excluding tert-OH is 1. The highest BCUT2D eigenvalue weighted by molar-refractivity contribution is 5.42. The van der Waals surface area contributed by atoms with E-state index in [1.165, 1.54) is 12.8 Å². The molecule has 0 aliphatic heterocycles. The van der Waals surface area contributed by atoms with Crippen molar-refractivity contribution in [1.29, 1.82) is 0 Å². The highest BCUT2D eigenvalue weighted by Crippen LogP contribution is 2.32. The van der Waals surface area contributed by atoms with Crippen LogP contribution in [0.25, 0.3) is 0 Å². The zero-order valence-corrected chi connectivity index (χ0v) is 11.6. The fourth-order valence-corrected chi connectivity index (χ4v) is 2.10. The average molecular weight is 252 g/mol. The number of hydrogen-bond acceptors (Lipinski definition) is 3. The van der Waals surface area contributed by atoms with Crippen molar-refractivity contribution in [2.75, 3.05) is 7.11 Å². The second-order valence-corrected chi connectivity index (χ2v) is 4.17. The number of aliphatic hydroxyl groups is 1. The molecule has 102 valence electrons. The van der Waals surface area contributed by atoms with E-state index in [0.29, 0.717) is 6.10 Å². The average Bonchev–Trinajstić information content (AvgIpc) is 2.94. The zero-order valence-electron chi connectivity index (χ0n) is 11.6. The molecule has 0 bridgehead atoms. The Hall–Kier alpha value is -1.22. The minimum atomic E-state index is 0.0328. The van der Waals surface area contributed by atoms with Crippen LogP contribution in [-0.2, 0) is 6.61 Å². The highest BCUT2D eigenvalue weighted by Gasteiger charge is 2.18. The summed E-state index contributed by atoms with van der Waals surface area (Å²) in [5.41, 5.74) is 0.855. The summed E-state index contributed by atoms with van der Waals surface area (Å²) in [5, 5.41) is 9.09. The van der Waals surface area contributed by atoms with Gasteiger partial charge in [-0.1, -0.05) is 19.9 Å². The first kappa shape index (κ1) is 14.8. The SMILES string of the molecule is CC.COc1ccc(CO)cc1OC1CCCC1. The second kappa shape index (κ2) is 7.98. The molecule has 0 spiro atoms. The van der Waals surface area contributed by atoms with Crippen LogP contribution < -0.4 is 9.47 Å². The van der Waals surface area contributed by atoms with E-state index in [9.17, 15) is 0 Å². The Balaban J connectivity index is 0.000000771. The molecule has 1 aliphatic rings. The Morgan fingerprint density at radius 1 is 1.17 bits per heavy atom. The Bertz CT molecular complexity index is 344. The lowest BCUT2D eigenvalue weighted by molar-refractivity contribution is 0.199. The van der Waals surface area contributed by atoms with Gasteiger partial charge in [0.2, 0.25) is 0 Å². The maximum absolute atomic E-state index is 9.09. The van der Waals surface area contributed by atoms with Crippen molar-refractivity contribution >= 4 is 0 Å². The van der Waals surface area contributed by atoms with E-state index in [4.69, 9.17) is 14.6 Å².